The summed E-state index contributed by atoms with van der Waals surface area (Å²) in [6.07, 6.45) is 1.15. The summed E-state index contributed by atoms with van der Waals surface area (Å²) < 4.78 is 0. The molecule has 2 saturated heterocycles. The molecule has 1 aromatic rings. The molecule has 2 atom stereocenters. The van der Waals surface area contributed by atoms with Crippen LogP contribution in [-0.2, 0) is 0 Å². The van der Waals surface area contributed by atoms with E-state index in [-0.39, 0.29) is 24.0 Å². The maximum atomic E-state index is 4.91. The van der Waals surface area contributed by atoms with Crippen molar-refractivity contribution in [1.29, 1.82) is 0 Å². The lowest BCUT2D eigenvalue weighted by molar-refractivity contribution is 0.125. The number of guanidine groups is 1. The van der Waals surface area contributed by atoms with Crippen LogP contribution in [0.5, 0.6) is 0 Å². The van der Waals surface area contributed by atoms with E-state index < -0.39 is 0 Å². The highest BCUT2D eigenvalue weighted by Gasteiger charge is 2.23. The lowest BCUT2D eigenvalue weighted by Gasteiger charge is -2.35. The van der Waals surface area contributed by atoms with Gasteiger partial charge in [-0.25, -0.2) is 0 Å². The monoisotopic (exact) mass is 528 g/mol. The summed E-state index contributed by atoms with van der Waals surface area (Å²) in [5.74, 6) is 1.54. The first-order valence-electron chi connectivity index (χ1n) is 11.5. The van der Waals surface area contributed by atoms with E-state index in [1.54, 1.807) is 0 Å². The summed E-state index contributed by atoms with van der Waals surface area (Å²) in [6.45, 7) is 17.7. The average molecular weight is 529 g/mol. The maximum Gasteiger partial charge on any atom is 0.191 e. The highest BCUT2D eigenvalue weighted by Crippen LogP contribution is 2.19. The number of halogens is 1. The van der Waals surface area contributed by atoms with Gasteiger partial charge in [0.1, 0.15) is 0 Å². The van der Waals surface area contributed by atoms with E-state index in [2.05, 4.69) is 76.4 Å². The molecule has 0 aromatic heterocycles. The third-order valence-electron chi connectivity index (χ3n) is 6.04. The molecule has 170 valence electrons. The first-order valence-corrected chi connectivity index (χ1v) is 11.5. The number of anilines is 1. The van der Waals surface area contributed by atoms with Crippen molar-refractivity contribution in [1.82, 2.24) is 20.4 Å². The van der Waals surface area contributed by atoms with Crippen molar-refractivity contribution in [2.75, 3.05) is 70.3 Å². The fraction of sp³-hybridized carbons (Fsp3) is 0.696. The van der Waals surface area contributed by atoms with Gasteiger partial charge in [-0.05, 0) is 37.9 Å². The Kier molecular flexibility index (Phi) is 11.2. The fourth-order valence-corrected chi connectivity index (χ4v) is 4.30. The van der Waals surface area contributed by atoms with Gasteiger partial charge in [0.2, 0.25) is 0 Å². The number of para-hydroxylation sites is 1. The Labute approximate surface area is 200 Å². The van der Waals surface area contributed by atoms with Gasteiger partial charge < -0.3 is 25.3 Å². The first kappa shape index (κ1) is 25.2. The normalized spacial score (nSPS) is 21.9. The second kappa shape index (κ2) is 13.4. The van der Waals surface area contributed by atoms with E-state index in [9.17, 15) is 0 Å². The molecule has 3 rings (SSSR count). The Hall–Kier alpha value is -1.06. The Morgan fingerprint density at radius 2 is 1.77 bits per heavy atom. The second-order valence-corrected chi connectivity index (χ2v) is 8.47. The van der Waals surface area contributed by atoms with Crippen LogP contribution in [0, 0.1) is 5.92 Å². The summed E-state index contributed by atoms with van der Waals surface area (Å²) in [6, 6.07) is 11.2. The van der Waals surface area contributed by atoms with Crippen LogP contribution in [0.1, 0.15) is 27.2 Å². The third kappa shape index (κ3) is 7.89. The van der Waals surface area contributed by atoms with Gasteiger partial charge in [0, 0.05) is 70.6 Å². The lowest BCUT2D eigenvalue weighted by Crippen LogP contribution is -2.47. The quantitative estimate of drug-likeness (QED) is 0.309. The van der Waals surface area contributed by atoms with Crippen molar-refractivity contribution >= 4 is 35.6 Å². The van der Waals surface area contributed by atoms with E-state index in [0.717, 1.165) is 45.1 Å². The standard InChI is InChI=1S/C23H40N6.HI/c1-4-24-23(25-17-20(3)18-28-15-13-27(5-2)14-16-28)26-21-11-12-29(19-21)22-9-7-6-8-10-22;/h6-10,20-21H,4-5,11-19H2,1-3H3,(H2,24,25,26);1H. The number of hydrogen-bond donors (Lipinski definition) is 2. The van der Waals surface area contributed by atoms with Crippen LogP contribution in [0.15, 0.2) is 35.3 Å². The molecule has 2 fully saturated rings. The number of piperazine rings is 1. The third-order valence-corrected chi connectivity index (χ3v) is 6.04. The largest absolute Gasteiger partial charge is 0.369 e. The lowest BCUT2D eigenvalue weighted by atomic mass is 10.1. The number of hydrogen-bond acceptors (Lipinski definition) is 4. The fourth-order valence-electron chi connectivity index (χ4n) is 4.30. The number of benzene rings is 1. The summed E-state index contributed by atoms with van der Waals surface area (Å²) in [7, 11) is 0. The van der Waals surface area contributed by atoms with Gasteiger partial charge in [-0.3, -0.25) is 4.99 Å². The topological polar surface area (TPSA) is 46.1 Å². The van der Waals surface area contributed by atoms with Gasteiger partial charge in [0.25, 0.3) is 0 Å². The van der Waals surface area contributed by atoms with Gasteiger partial charge in [0.05, 0.1) is 0 Å². The molecule has 2 aliphatic rings. The molecule has 30 heavy (non-hydrogen) atoms. The van der Waals surface area contributed by atoms with Gasteiger partial charge in [0.15, 0.2) is 5.96 Å². The molecule has 0 spiro atoms. The minimum atomic E-state index is 0. The molecule has 0 saturated carbocycles. The molecule has 2 unspecified atom stereocenters. The van der Waals surface area contributed by atoms with Crippen molar-refractivity contribution < 1.29 is 0 Å². The SMILES string of the molecule is CCNC(=NCC(C)CN1CCN(CC)CC1)NC1CCN(c2ccccc2)C1.I. The molecule has 0 aliphatic carbocycles. The molecule has 2 aliphatic heterocycles. The van der Waals surface area contributed by atoms with Gasteiger partial charge in [-0.1, -0.05) is 32.0 Å². The summed E-state index contributed by atoms with van der Waals surface area (Å²) in [4.78, 5) is 12.5. The van der Waals surface area contributed by atoms with Crippen LogP contribution >= 0.6 is 24.0 Å². The predicted octanol–water partition coefficient (Wildman–Crippen LogP) is 2.71. The van der Waals surface area contributed by atoms with Crippen LogP contribution in [0.2, 0.25) is 0 Å². The van der Waals surface area contributed by atoms with Crippen LogP contribution in [0.3, 0.4) is 0 Å². The second-order valence-electron chi connectivity index (χ2n) is 8.47. The summed E-state index contributed by atoms with van der Waals surface area (Å²) in [5.41, 5.74) is 1.32. The Morgan fingerprint density at radius 3 is 2.43 bits per heavy atom. The highest BCUT2D eigenvalue weighted by molar-refractivity contribution is 14.0. The molecule has 6 nitrogen and oxygen atoms in total. The molecule has 2 N–H and O–H groups in total. The zero-order chi connectivity index (χ0) is 20.5. The number of rotatable bonds is 8. The van der Waals surface area contributed by atoms with Crippen LogP contribution in [-0.4, -0.2) is 87.2 Å². The van der Waals surface area contributed by atoms with Crippen molar-refractivity contribution in [2.24, 2.45) is 10.9 Å². The number of likely N-dealkylation sites (N-methyl/N-ethyl adjacent to an activating group) is 1. The van der Waals surface area contributed by atoms with Crippen molar-refractivity contribution in [3.05, 3.63) is 30.3 Å². The van der Waals surface area contributed by atoms with E-state index in [0.29, 0.717) is 12.0 Å². The Balaban J connectivity index is 0.00000320. The van der Waals surface area contributed by atoms with Crippen LogP contribution < -0.4 is 15.5 Å². The molecular weight excluding hydrogens is 487 g/mol. The van der Waals surface area contributed by atoms with Crippen LogP contribution in [0.4, 0.5) is 5.69 Å². The van der Waals surface area contributed by atoms with Gasteiger partial charge in [-0.15, -0.1) is 24.0 Å². The predicted molar refractivity (Wildman–Crippen MR) is 139 cm³/mol. The molecule has 0 radical (unpaired) electrons. The van der Waals surface area contributed by atoms with Crippen molar-refractivity contribution in [2.45, 2.75) is 33.2 Å². The first-order chi connectivity index (χ1) is 14.2. The van der Waals surface area contributed by atoms with Gasteiger partial charge >= 0.3 is 0 Å². The molecular formula is C23H41IN6. The molecule has 2 heterocycles. The summed E-state index contributed by atoms with van der Waals surface area (Å²) in [5, 5.41) is 7.10. The smallest absolute Gasteiger partial charge is 0.191 e. The highest BCUT2D eigenvalue weighted by atomic mass is 127. The summed E-state index contributed by atoms with van der Waals surface area (Å²) >= 11 is 0. The van der Waals surface area contributed by atoms with Gasteiger partial charge in [-0.2, -0.15) is 0 Å². The Morgan fingerprint density at radius 1 is 1.07 bits per heavy atom. The maximum absolute atomic E-state index is 4.91. The van der Waals surface area contributed by atoms with E-state index in [1.165, 1.54) is 38.4 Å². The average Bonchev–Trinajstić information content (AvgIpc) is 3.22. The zero-order valence-corrected chi connectivity index (χ0v) is 21.3. The van der Waals surface area contributed by atoms with Crippen molar-refractivity contribution in [3.8, 4) is 0 Å². The molecule has 0 amide bonds. The molecule has 1 aromatic carbocycles. The van der Waals surface area contributed by atoms with E-state index >= 15 is 0 Å². The van der Waals surface area contributed by atoms with Crippen molar-refractivity contribution in [3.63, 3.8) is 0 Å². The van der Waals surface area contributed by atoms with E-state index in [4.69, 9.17) is 4.99 Å². The molecule has 7 heteroatoms. The minimum Gasteiger partial charge on any atom is -0.369 e. The Bertz CT molecular complexity index is 617. The zero-order valence-electron chi connectivity index (χ0n) is 19.0. The number of nitrogens with zero attached hydrogens (tertiary/aromatic N) is 4. The minimum absolute atomic E-state index is 0. The molecule has 0 bridgehead atoms. The van der Waals surface area contributed by atoms with Crippen LogP contribution in [0.25, 0.3) is 0 Å². The number of aliphatic imine (C=N–C) groups is 1. The number of nitrogens with one attached hydrogen (secondary N) is 2. The van der Waals surface area contributed by atoms with E-state index in [1.807, 2.05) is 0 Å².